The molecule has 0 spiro atoms. The minimum Gasteiger partial charge on any atom is -0.334 e. The van der Waals surface area contributed by atoms with Crippen LogP contribution in [0.2, 0.25) is 5.02 Å². The molecule has 0 bridgehead atoms. The molecule has 0 fully saturated rings. The SMILES string of the molecule is O=[N+]([O-])c1c(Nc2ccc(Br)cc2)ncnc1Nc1ccc(F)c(Cl)c1. The number of anilines is 4. The maximum Gasteiger partial charge on any atom is 0.353 e. The predicted octanol–water partition coefficient (Wildman–Crippen LogP) is 5.43. The highest BCUT2D eigenvalue weighted by molar-refractivity contribution is 9.10. The fraction of sp³-hybridized carbons (Fsp3) is 0. The minimum atomic E-state index is -0.603. The van der Waals surface area contributed by atoms with Gasteiger partial charge in [-0.05, 0) is 42.5 Å². The van der Waals surface area contributed by atoms with Crippen LogP contribution in [0.5, 0.6) is 0 Å². The van der Waals surface area contributed by atoms with E-state index in [2.05, 4.69) is 36.5 Å². The lowest BCUT2D eigenvalue weighted by atomic mass is 10.3. The monoisotopic (exact) mass is 437 g/mol. The van der Waals surface area contributed by atoms with Crippen molar-refractivity contribution in [2.24, 2.45) is 0 Å². The van der Waals surface area contributed by atoms with Crippen LogP contribution >= 0.6 is 27.5 Å². The smallest absolute Gasteiger partial charge is 0.334 e. The third-order valence-electron chi connectivity index (χ3n) is 3.29. The lowest BCUT2D eigenvalue weighted by Crippen LogP contribution is -2.05. The molecule has 10 heteroatoms. The van der Waals surface area contributed by atoms with E-state index >= 15 is 0 Å². The average molecular weight is 439 g/mol. The molecule has 0 aliphatic heterocycles. The largest absolute Gasteiger partial charge is 0.353 e. The Morgan fingerprint density at radius 3 is 2.19 bits per heavy atom. The number of halogens is 3. The summed E-state index contributed by atoms with van der Waals surface area (Å²) < 4.78 is 14.1. The van der Waals surface area contributed by atoms with Crippen LogP contribution < -0.4 is 10.6 Å². The van der Waals surface area contributed by atoms with E-state index in [1.54, 1.807) is 24.3 Å². The molecule has 1 aromatic heterocycles. The molecule has 0 aliphatic carbocycles. The van der Waals surface area contributed by atoms with Gasteiger partial charge in [0, 0.05) is 15.8 Å². The van der Waals surface area contributed by atoms with E-state index in [4.69, 9.17) is 11.6 Å². The Labute approximate surface area is 160 Å². The summed E-state index contributed by atoms with van der Waals surface area (Å²) in [7, 11) is 0. The van der Waals surface area contributed by atoms with Crippen LogP contribution in [-0.2, 0) is 0 Å². The summed E-state index contributed by atoms with van der Waals surface area (Å²) in [6, 6.07) is 10.9. The Morgan fingerprint density at radius 2 is 1.62 bits per heavy atom. The molecule has 0 radical (unpaired) electrons. The molecule has 2 N–H and O–H groups in total. The topological polar surface area (TPSA) is 93.0 Å². The second-order valence-corrected chi connectivity index (χ2v) is 6.39. The number of aromatic nitrogens is 2. The third kappa shape index (κ3) is 4.06. The number of rotatable bonds is 5. The van der Waals surface area contributed by atoms with Crippen LogP contribution in [0.25, 0.3) is 0 Å². The van der Waals surface area contributed by atoms with E-state index in [1.165, 1.54) is 18.5 Å². The number of nitrogens with zero attached hydrogens (tertiary/aromatic N) is 3. The molecule has 0 unspecified atom stereocenters. The van der Waals surface area contributed by atoms with E-state index in [0.29, 0.717) is 11.4 Å². The first kappa shape index (κ1) is 18.0. The molecule has 0 saturated heterocycles. The van der Waals surface area contributed by atoms with Gasteiger partial charge < -0.3 is 10.6 Å². The summed E-state index contributed by atoms with van der Waals surface area (Å²) in [6.07, 6.45) is 1.18. The second kappa shape index (κ2) is 7.63. The molecular weight excluding hydrogens is 429 g/mol. The number of nitrogens with one attached hydrogen (secondary N) is 2. The Morgan fingerprint density at radius 1 is 1.04 bits per heavy atom. The molecule has 0 aliphatic rings. The Bertz CT molecular complexity index is 971. The first-order valence-corrected chi connectivity index (χ1v) is 8.35. The molecule has 2 aromatic carbocycles. The first-order valence-electron chi connectivity index (χ1n) is 7.18. The van der Waals surface area contributed by atoms with Crippen LogP contribution in [0, 0.1) is 15.9 Å². The van der Waals surface area contributed by atoms with E-state index < -0.39 is 10.7 Å². The standard InChI is InChI=1S/C16H10BrClFN5O2/c17-9-1-3-10(4-2-9)22-15-14(24(25)26)16(21-8-20-15)23-11-5-6-13(19)12(18)7-11/h1-8H,(H2,20,21,22,23). The van der Waals surface area contributed by atoms with Gasteiger partial charge in [-0.15, -0.1) is 0 Å². The van der Waals surface area contributed by atoms with Crippen LogP contribution in [0.15, 0.2) is 53.3 Å². The molecule has 3 rings (SSSR count). The van der Waals surface area contributed by atoms with Crippen molar-refractivity contribution in [3.05, 3.63) is 74.2 Å². The number of nitro groups is 1. The molecule has 0 saturated carbocycles. The van der Waals surface area contributed by atoms with Crippen LogP contribution in [0.1, 0.15) is 0 Å². The average Bonchev–Trinajstić information content (AvgIpc) is 2.60. The van der Waals surface area contributed by atoms with E-state index in [0.717, 1.165) is 10.5 Å². The van der Waals surface area contributed by atoms with Crippen molar-refractivity contribution >= 4 is 56.2 Å². The highest BCUT2D eigenvalue weighted by Crippen LogP contribution is 2.33. The summed E-state index contributed by atoms with van der Waals surface area (Å²) in [6.45, 7) is 0. The van der Waals surface area contributed by atoms with Gasteiger partial charge in [0.05, 0.1) is 9.95 Å². The van der Waals surface area contributed by atoms with Crippen LogP contribution in [-0.4, -0.2) is 14.9 Å². The van der Waals surface area contributed by atoms with Crippen molar-refractivity contribution in [1.29, 1.82) is 0 Å². The summed E-state index contributed by atoms with van der Waals surface area (Å²) in [5, 5.41) is 17.1. The zero-order valence-corrected chi connectivity index (χ0v) is 15.3. The van der Waals surface area contributed by atoms with Crippen molar-refractivity contribution in [3.8, 4) is 0 Å². The Kier molecular flexibility index (Phi) is 5.29. The molecule has 26 heavy (non-hydrogen) atoms. The predicted molar refractivity (Wildman–Crippen MR) is 101 cm³/mol. The van der Waals surface area contributed by atoms with Gasteiger partial charge in [0.25, 0.3) is 0 Å². The van der Waals surface area contributed by atoms with Gasteiger partial charge in [0.2, 0.25) is 11.6 Å². The molecule has 132 valence electrons. The molecule has 0 amide bonds. The summed E-state index contributed by atoms with van der Waals surface area (Å²) in [5.74, 6) is -0.623. The third-order valence-corrected chi connectivity index (χ3v) is 4.11. The van der Waals surface area contributed by atoms with Crippen LogP contribution in [0.4, 0.5) is 33.1 Å². The van der Waals surface area contributed by atoms with Crippen molar-refractivity contribution in [2.45, 2.75) is 0 Å². The molecule has 7 nitrogen and oxygen atoms in total. The Balaban J connectivity index is 1.96. The van der Waals surface area contributed by atoms with Crippen molar-refractivity contribution in [3.63, 3.8) is 0 Å². The van der Waals surface area contributed by atoms with Gasteiger partial charge >= 0.3 is 5.69 Å². The Hall–Kier alpha value is -2.78. The minimum absolute atomic E-state index is 0.0167. The van der Waals surface area contributed by atoms with Crippen molar-refractivity contribution in [1.82, 2.24) is 9.97 Å². The number of hydrogen-bond acceptors (Lipinski definition) is 6. The molecule has 3 aromatic rings. The highest BCUT2D eigenvalue weighted by atomic mass is 79.9. The quantitative estimate of drug-likeness (QED) is 0.408. The fourth-order valence-electron chi connectivity index (χ4n) is 2.12. The highest BCUT2D eigenvalue weighted by Gasteiger charge is 2.23. The van der Waals surface area contributed by atoms with Gasteiger partial charge in [-0.3, -0.25) is 10.1 Å². The van der Waals surface area contributed by atoms with E-state index in [9.17, 15) is 14.5 Å². The van der Waals surface area contributed by atoms with Crippen LogP contribution in [0.3, 0.4) is 0 Å². The van der Waals surface area contributed by atoms with E-state index in [-0.39, 0.29) is 22.3 Å². The first-order chi connectivity index (χ1) is 12.4. The summed E-state index contributed by atoms with van der Waals surface area (Å²) >= 11 is 9.05. The summed E-state index contributed by atoms with van der Waals surface area (Å²) in [4.78, 5) is 18.8. The summed E-state index contributed by atoms with van der Waals surface area (Å²) in [5.41, 5.74) is 0.620. The second-order valence-electron chi connectivity index (χ2n) is 5.06. The van der Waals surface area contributed by atoms with Gasteiger partial charge in [0.1, 0.15) is 12.1 Å². The maximum absolute atomic E-state index is 13.3. The lowest BCUT2D eigenvalue weighted by Gasteiger charge is -2.10. The maximum atomic E-state index is 13.3. The zero-order chi connectivity index (χ0) is 18.7. The number of benzene rings is 2. The zero-order valence-electron chi connectivity index (χ0n) is 12.9. The molecule has 0 atom stereocenters. The molecule has 1 heterocycles. The normalized spacial score (nSPS) is 10.4. The fourth-order valence-corrected chi connectivity index (χ4v) is 2.56. The van der Waals surface area contributed by atoms with Crippen molar-refractivity contribution < 1.29 is 9.31 Å². The van der Waals surface area contributed by atoms with Gasteiger partial charge in [-0.1, -0.05) is 27.5 Å². The molecular formula is C16H10BrClFN5O2. The lowest BCUT2D eigenvalue weighted by molar-refractivity contribution is -0.383. The van der Waals surface area contributed by atoms with Crippen molar-refractivity contribution in [2.75, 3.05) is 10.6 Å². The van der Waals surface area contributed by atoms with Gasteiger partial charge in [-0.25, -0.2) is 14.4 Å². The van der Waals surface area contributed by atoms with Gasteiger partial charge in [-0.2, -0.15) is 0 Å². The van der Waals surface area contributed by atoms with Gasteiger partial charge in [0.15, 0.2) is 0 Å². The van der Waals surface area contributed by atoms with E-state index in [1.807, 2.05) is 0 Å². The number of hydrogen-bond donors (Lipinski definition) is 2.